The van der Waals surface area contributed by atoms with Gasteiger partial charge in [0.05, 0.1) is 0 Å². The van der Waals surface area contributed by atoms with Crippen molar-refractivity contribution in [1.82, 2.24) is 14.7 Å². The van der Waals surface area contributed by atoms with Crippen molar-refractivity contribution in [2.24, 2.45) is 5.73 Å². The molecular formula is C19H28N4O3. The van der Waals surface area contributed by atoms with Crippen molar-refractivity contribution in [3.8, 4) is 0 Å². The first-order valence-corrected chi connectivity index (χ1v) is 9.37. The quantitative estimate of drug-likeness (QED) is 0.844. The SMILES string of the molecule is NCCN1CCN(C(=O)C2CCCN2C(=O)OCc2ccccc2)CC1. The van der Waals surface area contributed by atoms with Crippen LogP contribution in [0.15, 0.2) is 30.3 Å². The number of ether oxygens (including phenoxy) is 1. The third kappa shape index (κ3) is 4.53. The van der Waals surface area contributed by atoms with E-state index in [1.165, 1.54) is 0 Å². The molecule has 26 heavy (non-hydrogen) atoms. The van der Waals surface area contributed by atoms with Crippen LogP contribution in [0.4, 0.5) is 4.79 Å². The molecule has 0 saturated carbocycles. The molecule has 1 atom stereocenters. The Morgan fingerprint density at radius 1 is 1.08 bits per heavy atom. The zero-order chi connectivity index (χ0) is 18.4. The Hall–Kier alpha value is -2.12. The number of amides is 2. The summed E-state index contributed by atoms with van der Waals surface area (Å²) in [6.45, 7) is 5.39. The zero-order valence-electron chi connectivity index (χ0n) is 15.2. The molecule has 0 spiro atoms. The topological polar surface area (TPSA) is 79.1 Å². The van der Waals surface area contributed by atoms with Crippen molar-refractivity contribution in [2.75, 3.05) is 45.8 Å². The number of piperazine rings is 1. The van der Waals surface area contributed by atoms with E-state index in [9.17, 15) is 9.59 Å². The summed E-state index contributed by atoms with van der Waals surface area (Å²) in [4.78, 5) is 31.1. The average molecular weight is 360 g/mol. The number of nitrogens with zero attached hydrogens (tertiary/aromatic N) is 3. The molecule has 2 heterocycles. The molecule has 2 N–H and O–H groups in total. The summed E-state index contributed by atoms with van der Waals surface area (Å²) in [5.41, 5.74) is 6.54. The van der Waals surface area contributed by atoms with E-state index in [0.29, 0.717) is 32.6 Å². The Morgan fingerprint density at radius 3 is 2.50 bits per heavy atom. The first-order valence-electron chi connectivity index (χ1n) is 9.37. The number of carbonyl (C=O) groups excluding carboxylic acids is 2. The molecule has 7 nitrogen and oxygen atoms in total. The molecule has 3 rings (SSSR count). The first-order chi connectivity index (χ1) is 12.7. The fourth-order valence-corrected chi connectivity index (χ4v) is 3.63. The van der Waals surface area contributed by atoms with Crippen molar-refractivity contribution in [3.63, 3.8) is 0 Å². The predicted molar refractivity (Wildman–Crippen MR) is 98.4 cm³/mol. The monoisotopic (exact) mass is 360 g/mol. The van der Waals surface area contributed by atoms with Gasteiger partial charge in [-0.1, -0.05) is 30.3 Å². The van der Waals surface area contributed by atoms with Crippen LogP contribution >= 0.6 is 0 Å². The maximum atomic E-state index is 12.9. The Labute approximate surface area is 154 Å². The molecule has 2 aliphatic rings. The van der Waals surface area contributed by atoms with E-state index in [0.717, 1.165) is 31.6 Å². The minimum absolute atomic E-state index is 0.0477. The normalized spacial score (nSPS) is 21.0. The van der Waals surface area contributed by atoms with Crippen LogP contribution in [-0.2, 0) is 16.1 Å². The molecule has 7 heteroatoms. The summed E-state index contributed by atoms with van der Waals surface area (Å²) >= 11 is 0. The maximum Gasteiger partial charge on any atom is 0.410 e. The second-order valence-electron chi connectivity index (χ2n) is 6.85. The second kappa shape index (κ2) is 9.00. The molecule has 2 amide bonds. The standard InChI is InChI=1S/C19H28N4O3/c20-8-10-21-11-13-22(14-12-21)18(24)17-7-4-9-23(17)19(25)26-15-16-5-2-1-3-6-16/h1-3,5-6,17H,4,7-15,20H2. The van der Waals surface area contributed by atoms with Gasteiger partial charge in [-0.15, -0.1) is 0 Å². The maximum absolute atomic E-state index is 12.9. The minimum Gasteiger partial charge on any atom is -0.445 e. The highest BCUT2D eigenvalue weighted by Crippen LogP contribution is 2.21. The van der Waals surface area contributed by atoms with Crippen molar-refractivity contribution < 1.29 is 14.3 Å². The van der Waals surface area contributed by atoms with Crippen LogP contribution in [0, 0.1) is 0 Å². The largest absolute Gasteiger partial charge is 0.445 e. The fraction of sp³-hybridized carbons (Fsp3) is 0.579. The Balaban J connectivity index is 1.52. The van der Waals surface area contributed by atoms with Crippen molar-refractivity contribution in [3.05, 3.63) is 35.9 Å². The molecule has 2 fully saturated rings. The molecule has 0 bridgehead atoms. The van der Waals surface area contributed by atoms with Crippen LogP contribution in [0.1, 0.15) is 18.4 Å². The molecule has 1 aromatic carbocycles. The van der Waals surface area contributed by atoms with Gasteiger partial charge in [-0.3, -0.25) is 14.6 Å². The highest BCUT2D eigenvalue weighted by Gasteiger charge is 2.38. The zero-order valence-corrected chi connectivity index (χ0v) is 15.2. The van der Waals surface area contributed by atoms with Crippen LogP contribution in [0.3, 0.4) is 0 Å². The molecule has 1 unspecified atom stereocenters. The third-order valence-electron chi connectivity index (χ3n) is 5.11. The lowest BCUT2D eigenvalue weighted by Crippen LogP contribution is -2.54. The summed E-state index contributed by atoms with van der Waals surface area (Å²) in [5, 5.41) is 0. The van der Waals surface area contributed by atoms with Crippen molar-refractivity contribution >= 4 is 12.0 Å². The Kier molecular flexibility index (Phi) is 6.46. The summed E-state index contributed by atoms with van der Waals surface area (Å²) in [7, 11) is 0. The number of hydrogen-bond acceptors (Lipinski definition) is 5. The lowest BCUT2D eigenvalue weighted by molar-refractivity contribution is -0.137. The van der Waals surface area contributed by atoms with Gasteiger partial charge in [-0.25, -0.2) is 4.79 Å². The molecule has 0 aromatic heterocycles. The van der Waals surface area contributed by atoms with E-state index in [1.54, 1.807) is 4.90 Å². The summed E-state index contributed by atoms with van der Waals surface area (Å²) in [5.74, 6) is 0.0477. The highest BCUT2D eigenvalue weighted by molar-refractivity contribution is 5.86. The summed E-state index contributed by atoms with van der Waals surface area (Å²) in [6.07, 6.45) is 1.15. The molecule has 1 aromatic rings. The number of nitrogens with two attached hydrogens (primary N) is 1. The average Bonchev–Trinajstić information content (AvgIpc) is 3.17. The van der Waals surface area contributed by atoms with Gasteiger partial charge in [-0.05, 0) is 18.4 Å². The van der Waals surface area contributed by atoms with Gasteiger partial charge in [0.2, 0.25) is 5.91 Å². The number of carbonyl (C=O) groups is 2. The number of likely N-dealkylation sites (tertiary alicyclic amines) is 1. The smallest absolute Gasteiger partial charge is 0.410 e. The van der Waals surface area contributed by atoms with Crippen molar-refractivity contribution in [2.45, 2.75) is 25.5 Å². The van der Waals surface area contributed by atoms with E-state index >= 15 is 0 Å². The van der Waals surface area contributed by atoms with E-state index < -0.39 is 6.09 Å². The molecule has 2 saturated heterocycles. The molecule has 2 aliphatic heterocycles. The van der Waals surface area contributed by atoms with E-state index in [-0.39, 0.29) is 18.6 Å². The second-order valence-corrected chi connectivity index (χ2v) is 6.85. The highest BCUT2D eigenvalue weighted by atomic mass is 16.6. The van der Waals surface area contributed by atoms with E-state index in [1.807, 2.05) is 35.2 Å². The van der Waals surface area contributed by atoms with Gasteiger partial charge < -0.3 is 15.4 Å². The Bertz CT molecular complexity index is 602. The first kappa shape index (κ1) is 18.7. The Morgan fingerprint density at radius 2 is 1.81 bits per heavy atom. The third-order valence-corrected chi connectivity index (χ3v) is 5.11. The van der Waals surface area contributed by atoms with Crippen LogP contribution in [0.5, 0.6) is 0 Å². The van der Waals surface area contributed by atoms with Crippen LogP contribution in [0.2, 0.25) is 0 Å². The summed E-state index contributed by atoms with van der Waals surface area (Å²) < 4.78 is 5.42. The lowest BCUT2D eigenvalue weighted by Gasteiger charge is -2.37. The van der Waals surface area contributed by atoms with E-state index in [2.05, 4.69) is 4.90 Å². The molecule has 142 valence electrons. The number of hydrogen-bond donors (Lipinski definition) is 1. The predicted octanol–water partition coefficient (Wildman–Crippen LogP) is 0.891. The molecule has 0 aliphatic carbocycles. The van der Waals surface area contributed by atoms with Crippen LogP contribution in [0.25, 0.3) is 0 Å². The summed E-state index contributed by atoms with van der Waals surface area (Å²) in [6, 6.07) is 9.19. The fourth-order valence-electron chi connectivity index (χ4n) is 3.63. The van der Waals surface area contributed by atoms with Gasteiger partial charge in [0.15, 0.2) is 0 Å². The van der Waals surface area contributed by atoms with Crippen LogP contribution < -0.4 is 5.73 Å². The molecule has 0 radical (unpaired) electrons. The van der Waals surface area contributed by atoms with Gasteiger partial charge in [0, 0.05) is 45.8 Å². The van der Waals surface area contributed by atoms with Gasteiger partial charge >= 0.3 is 6.09 Å². The number of rotatable bonds is 5. The van der Waals surface area contributed by atoms with Gasteiger partial charge in [-0.2, -0.15) is 0 Å². The van der Waals surface area contributed by atoms with Crippen molar-refractivity contribution in [1.29, 1.82) is 0 Å². The van der Waals surface area contributed by atoms with E-state index in [4.69, 9.17) is 10.5 Å². The molecular weight excluding hydrogens is 332 g/mol. The van der Waals surface area contributed by atoms with Crippen LogP contribution in [-0.4, -0.2) is 78.6 Å². The minimum atomic E-state index is -0.397. The lowest BCUT2D eigenvalue weighted by atomic mass is 10.1. The van der Waals surface area contributed by atoms with Gasteiger partial charge in [0.25, 0.3) is 0 Å². The number of benzene rings is 1. The van der Waals surface area contributed by atoms with Gasteiger partial charge in [0.1, 0.15) is 12.6 Å².